The molecule has 1 aliphatic heterocycles. The third kappa shape index (κ3) is 4.68. The van der Waals surface area contributed by atoms with E-state index in [-0.39, 0.29) is 17.9 Å². The predicted octanol–water partition coefficient (Wildman–Crippen LogP) is 2.11. The highest BCUT2D eigenvalue weighted by Crippen LogP contribution is 2.22. The Bertz CT molecular complexity index is 587. The predicted molar refractivity (Wildman–Crippen MR) is 94.9 cm³/mol. The standard InChI is InChI=1S/C19H27N3O2/c1-3-7-16(21-19(24)17(20)4-2)10-11-18(23)22-12-14-8-5-6-9-15(14)13-22/h5-6,8-11,16-17H,3-4,7,12-13,20H2,1-2H3,(H,21,24)/b11-10+/t16-,17-/m0/s1. The number of carbonyl (C=O) groups excluding carboxylic acids is 2. The van der Waals surface area contributed by atoms with Crippen molar-refractivity contribution in [3.63, 3.8) is 0 Å². The second kappa shape index (κ2) is 8.64. The third-order valence-corrected chi connectivity index (χ3v) is 4.33. The number of hydrogen-bond acceptors (Lipinski definition) is 3. The van der Waals surface area contributed by atoms with Crippen molar-refractivity contribution in [2.24, 2.45) is 5.73 Å². The van der Waals surface area contributed by atoms with Crippen molar-refractivity contribution in [1.82, 2.24) is 10.2 Å². The first-order valence-corrected chi connectivity index (χ1v) is 8.65. The van der Waals surface area contributed by atoms with Gasteiger partial charge in [-0.2, -0.15) is 0 Å². The molecule has 0 fully saturated rings. The van der Waals surface area contributed by atoms with Crippen LogP contribution in [0.1, 0.15) is 44.2 Å². The smallest absolute Gasteiger partial charge is 0.246 e. The molecule has 130 valence electrons. The van der Waals surface area contributed by atoms with E-state index in [2.05, 4.69) is 17.4 Å². The van der Waals surface area contributed by atoms with Gasteiger partial charge in [0.25, 0.3) is 0 Å². The van der Waals surface area contributed by atoms with E-state index in [1.807, 2.05) is 30.9 Å². The summed E-state index contributed by atoms with van der Waals surface area (Å²) in [5, 5.41) is 2.91. The van der Waals surface area contributed by atoms with E-state index >= 15 is 0 Å². The van der Waals surface area contributed by atoms with Gasteiger partial charge in [-0.3, -0.25) is 9.59 Å². The van der Waals surface area contributed by atoms with Gasteiger partial charge in [-0.1, -0.05) is 50.6 Å². The van der Waals surface area contributed by atoms with Gasteiger partial charge in [0.05, 0.1) is 6.04 Å². The SMILES string of the molecule is CCC[C@@H](/C=C/C(=O)N1Cc2ccccc2C1)NC(=O)[C@@H](N)CC. The van der Waals surface area contributed by atoms with Crippen LogP contribution in [0.25, 0.3) is 0 Å². The summed E-state index contributed by atoms with van der Waals surface area (Å²) in [6.07, 6.45) is 5.66. The molecule has 0 aliphatic carbocycles. The van der Waals surface area contributed by atoms with E-state index in [1.54, 1.807) is 12.2 Å². The highest BCUT2D eigenvalue weighted by molar-refractivity contribution is 5.88. The Balaban J connectivity index is 1.94. The Morgan fingerprint density at radius 3 is 2.42 bits per heavy atom. The minimum absolute atomic E-state index is 0.0265. The Morgan fingerprint density at radius 2 is 1.88 bits per heavy atom. The molecule has 1 aromatic rings. The van der Waals surface area contributed by atoms with Crippen LogP contribution in [0.2, 0.25) is 0 Å². The minimum atomic E-state index is -0.499. The molecule has 1 heterocycles. The van der Waals surface area contributed by atoms with Gasteiger partial charge in [-0.25, -0.2) is 0 Å². The number of rotatable bonds is 7. The Morgan fingerprint density at radius 1 is 1.25 bits per heavy atom. The van der Waals surface area contributed by atoms with Gasteiger partial charge >= 0.3 is 0 Å². The van der Waals surface area contributed by atoms with Gasteiger partial charge in [0.2, 0.25) is 11.8 Å². The summed E-state index contributed by atoms with van der Waals surface area (Å²) in [6.45, 7) is 5.21. The molecule has 5 nitrogen and oxygen atoms in total. The normalized spacial score (nSPS) is 16.0. The summed E-state index contributed by atoms with van der Waals surface area (Å²) in [5.41, 5.74) is 8.15. The van der Waals surface area contributed by atoms with Crippen molar-refractivity contribution in [3.05, 3.63) is 47.5 Å². The van der Waals surface area contributed by atoms with E-state index in [4.69, 9.17) is 5.73 Å². The molecule has 1 aromatic carbocycles. The molecule has 1 aliphatic rings. The molecule has 5 heteroatoms. The van der Waals surface area contributed by atoms with Crippen LogP contribution in [0, 0.1) is 0 Å². The lowest BCUT2D eigenvalue weighted by Crippen LogP contribution is -2.44. The molecule has 0 spiro atoms. The number of nitrogens with two attached hydrogens (primary N) is 1. The van der Waals surface area contributed by atoms with Crippen LogP contribution >= 0.6 is 0 Å². The van der Waals surface area contributed by atoms with E-state index in [1.165, 1.54) is 11.1 Å². The topological polar surface area (TPSA) is 75.4 Å². The Hall–Kier alpha value is -2.14. The number of hydrogen-bond donors (Lipinski definition) is 2. The Labute approximate surface area is 143 Å². The molecule has 24 heavy (non-hydrogen) atoms. The van der Waals surface area contributed by atoms with Crippen LogP contribution in [0.15, 0.2) is 36.4 Å². The van der Waals surface area contributed by atoms with Crippen LogP contribution in [-0.4, -0.2) is 28.8 Å². The number of carbonyl (C=O) groups is 2. The summed E-state index contributed by atoms with van der Waals surface area (Å²) in [6, 6.07) is 7.44. The van der Waals surface area contributed by atoms with Crippen molar-refractivity contribution in [2.45, 2.75) is 58.3 Å². The van der Waals surface area contributed by atoms with Crippen molar-refractivity contribution < 1.29 is 9.59 Å². The van der Waals surface area contributed by atoms with E-state index < -0.39 is 6.04 Å². The number of nitrogens with one attached hydrogen (secondary N) is 1. The molecule has 2 amide bonds. The number of benzene rings is 1. The molecular formula is C19H27N3O2. The lowest BCUT2D eigenvalue weighted by atomic mass is 10.1. The van der Waals surface area contributed by atoms with Gasteiger partial charge in [0, 0.05) is 25.2 Å². The first-order valence-electron chi connectivity index (χ1n) is 8.65. The second-order valence-corrected chi connectivity index (χ2v) is 6.24. The Kier molecular flexibility index (Phi) is 6.55. The monoisotopic (exact) mass is 329 g/mol. The summed E-state index contributed by atoms with van der Waals surface area (Å²) in [5.74, 6) is -0.192. The van der Waals surface area contributed by atoms with Gasteiger partial charge in [-0.15, -0.1) is 0 Å². The van der Waals surface area contributed by atoms with Gasteiger partial charge in [0.15, 0.2) is 0 Å². The molecular weight excluding hydrogens is 302 g/mol. The molecule has 2 atom stereocenters. The van der Waals surface area contributed by atoms with Crippen molar-refractivity contribution in [3.8, 4) is 0 Å². The first-order chi connectivity index (χ1) is 11.5. The largest absolute Gasteiger partial charge is 0.349 e. The van der Waals surface area contributed by atoms with Crippen molar-refractivity contribution in [2.75, 3.05) is 0 Å². The molecule has 0 saturated carbocycles. The van der Waals surface area contributed by atoms with Crippen molar-refractivity contribution >= 4 is 11.8 Å². The zero-order valence-electron chi connectivity index (χ0n) is 14.5. The molecule has 0 aromatic heterocycles. The lowest BCUT2D eigenvalue weighted by Gasteiger charge is -2.18. The molecule has 0 radical (unpaired) electrons. The minimum Gasteiger partial charge on any atom is -0.349 e. The highest BCUT2D eigenvalue weighted by atomic mass is 16.2. The molecule has 0 saturated heterocycles. The molecule has 3 N–H and O–H groups in total. The van der Waals surface area contributed by atoms with Gasteiger partial charge in [0.1, 0.15) is 0 Å². The van der Waals surface area contributed by atoms with Crippen molar-refractivity contribution in [1.29, 1.82) is 0 Å². The molecule has 2 rings (SSSR count). The van der Waals surface area contributed by atoms with Gasteiger partial charge in [-0.05, 0) is 24.0 Å². The number of amides is 2. The zero-order valence-corrected chi connectivity index (χ0v) is 14.5. The summed E-state index contributed by atoms with van der Waals surface area (Å²) < 4.78 is 0. The van der Waals surface area contributed by atoms with Crippen LogP contribution in [-0.2, 0) is 22.7 Å². The van der Waals surface area contributed by atoms with Crippen LogP contribution in [0.5, 0.6) is 0 Å². The number of nitrogens with zero attached hydrogens (tertiary/aromatic N) is 1. The summed E-state index contributed by atoms with van der Waals surface area (Å²) in [7, 11) is 0. The summed E-state index contributed by atoms with van der Waals surface area (Å²) >= 11 is 0. The maximum Gasteiger partial charge on any atom is 0.246 e. The van der Waals surface area contributed by atoms with E-state index in [0.29, 0.717) is 19.5 Å². The fourth-order valence-corrected chi connectivity index (χ4v) is 2.80. The highest BCUT2D eigenvalue weighted by Gasteiger charge is 2.21. The quantitative estimate of drug-likeness (QED) is 0.752. The van der Waals surface area contributed by atoms with Gasteiger partial charge < -0.3 is 16.0 Å². The zero-order chi connectivity index (χ0) is 17.5. The average Bonchev–Trinajstić information content (AvgIpc) is 3.03. The van der Waals surface area contributed by atoms with Crippen LogP contribution < -0.4 is 11.1 Å². The third-order valence-electron chi connectivity index (χ3n) is 4.33. The van der Waals surface area contributed by atoms with Crippen LogP contribution in [0.4, 0.5) is 0 Å². The number of fused-ring (bicyclic) bond motifs is 1. The molecule has 0 bridgehead atoms. The van der Waals surface area contributed by atoms with E-state index in [0.717, 1.165) is 12.8 Å². The summed E-state index contributed by atoms with van der Waals surface area (Å²) in [4.78, 5) is 26.2. The first kappa shape index (κ1) is 18.2. The average molecular weight is 329 g/mol. The maximum atomic E-state index is 12.4. The molecule has 0 unspecified atom stereocenters. The van der Waals surface area contributed by atoms with E-state index in [9.17, 15) is 9.59 Å². The fourth-order valence-electron chi connectivity index (χ4n) is 2.80. The second-order valence-electron chi connectivity index (χ2n) is 6.24. The fraction of sp³-hybridized carbons (Fsp3) is 0.474. The lowest BCUT2D eigenvalue weighted by molar-refractivity contribution is -0.126. The maximum absolute atomic E-state index is 12.4. The van der Waals surface area contributed by atoms with Crippen LogP contribution in [0.3, 0.4) is 0 Å².